The number of anilines is 2. The van der Waals surface area contributed by atoms with E-state index < -0.39 is 0 Å². The van der Waals surface area contributed by atoms with Gasteiger partial charge >= 0.3 is 0 Å². The monoisotopic (exact) mass is 440 g/mol. The van der Waals surface area contributed by atoms with Crippen LogP contribution in [0.2, 0.25) is 5.02 Å². The minimum Gasteiger partial charge on any atom is -0.322 e. The van der Waals surface area contributed by atoms with Crippen LogP contribution < -0.4 is 10.2 Å². The van der Waals surface area contributed by atoms with E-state index in [1.165, 1.54) is 17.8 Å². The van der Waals surface area contributed by atoms with Gasteiger partial charge in [-0.3, -0.25) is 14.5 Å². The largest absolute Gasteiger partial charge is 0.322 e. The maximum Gasteiger partial charge on any atom is 0.257 e. The molecule has 0 aromatic heterocycles. The van der Waals surface area contributed by atoms with Crippen molar-refractivity contribution < 1.29 is 14.0 Å². The number of aryl methyl sites for hydroxylation is 1. The lowest BCUT2D eigenvalue weighted by Gasteiger charge is -2.25. The molecule has 1 fully saturated rings. The number of halogens is 2. The molecule has 0 aliphatic carbocycles. The zero-order valence-corrected chi connectivity index (χ0v) is 17.6. The molecule has 1 unspecified atom stereocenters. The van der Waals surface area contributed by atoms with Crippen molar-refractivity contribution >= 4 is 46.6 Å². The third-order valence-corrected chi connectivity index (χ3v) is 6.39. The Bertz CT molecular complexity index is 1140. The number of carbonyl (C=O) groups excluding carboxylic acids is 2. The molecule has 4 nitrogen and oxygen atoms in total. The van der Waals surface area contributed by atoms with Crippen molar-refractivity contribution in [2.75, 3.05) is 16.0 Å². The van der Waals surface area contributed by atoms with Gasteiger partial charge in [0, 0.05) is 11.4 Å². The first-order valence-corrected chi connectivity index (χ1v) is 10.7. The first-order chi connectivity index (χ1) is 14.4. The fourth-order valence-corrected chi connectivity index (χ4v) is 4.68. The molecule has 0 radical (unpaired) electrons. The molecule has 3 aromatic carbocycles. The molecule has 1 N–H and O–H groups in total. The highest BCUT2D eigenvalue weighted by molar-refractivity contribution is 8.00. The summed E-state index contributed by atoms with van der Waals surface area (Å²) >= 11 is 7.57. The van der Waals surface area contributed by atoms with Crippen molar-refractivity contribution in [3.8, 4) is 0 Å². The van der Waals surface area contributed by atoms with Gasteiger partial charge in [0.05, 0.1) is 16.3 Å². The van der Waals surface area contributed by atoms with Crippen LogP contribution in [0.3, 0.4) is 0 Å². The van der Waals surface area contributed by atoms with Crippen LogP contribution in [0.5, 0.6) is 0 Å². The van der Waals surface area contributed by atoms with Crippen molar-refractivity contribution in [2.24, 2.45) is 0 Å². The highest BCUT2D eigenvalue weighted by Gasteiger charge is 2.34. The molecule has 7 heteroatoms. The summed E-state index contributed by atoms with van der Waals surface area (Å²) in [6.45, 7) is 1.68. The summed E-state index contributed by atoms with van der Waals surface area (Å²) in [7, 11) is 0. The number of hydrogen-bond donors (Lipinski definition) is 1. The summed E-state index contributed by atoms with van der Waals surface area (Å²) in [4.78, 5) is 26.7. The normalized spacial score (nSPS) is 16.0. The Kier molecular flexibility index (Phi) is 5.79. The predicted octanol–water partition coefficient (Wildman–Crippen LogP) is 5.82. The van der Waals surface area contributed by atoms with Gasteiger partial charge in [-0.25, -0.2) is 4.39 Å². The molecular formula is C23H18ClFN2O2S. The minimum absolute atomic E-state index is 0.0845. The van der Waals surface area contributed by atoms with Gasteiger partial charge in [0.25, 0.3) is 5.91 Å². The third kappa shape index (κ3) is 4.06. The number of nitrogens with one attached hydrogen (secondary N) is 1. The van der Waals surface area contributed by atoms with E-state index in [1.807, 2.05) is 18.2 Å². The van der Waals surface area contributed by atoms with E-state index in [9.17, 15) is 14.0 Å². The predicted molar refractivity (Wildman–Crippen MR) is 120 cm³/mol. The Labute approximate surface area is 183 Å². The van der Waals surface area contributed by atoms with Gasteiger partial charge in [-0.05, 0) is 54.4 Å². The van der Waals surface area contributed by atoms with E-state index in [-0.39, 0.29) is 23.0 Å². The maximum atomic E-state index is 14.1. The van der Waals surface area contributed by atoms with E-state index >= 15 is 0 Å². The molecule has 0 bridgehead atoms. The summed E-state index contributed by atoms with van der Waals surface area (Å²) in [5.41, 5.74) is 2.85. The molecule has 3 aromatic rings. The quantitative estimate of drug-likeness (QED) is 0.556. The Morgan fingerprint density at radius 1 is 1.13 bits per heavy atom. The Morgan fingerprint density at radius 3 is 2.70 bits per heavy atom. The lowest BCUT2D eigenvalue weighted by molar-refractivity contribution is -0.115. The van der Waals surface area contributed by atoms with Crippen LogP contribution in [0.1, 0.15) is 26.9 Å². The zero-order valence-electron chi connectivity index (χ0n) is 16.1. The number of carbonyl (C=O) groups is 2. The average Bonchev–Trinajstić information content (AvgIpc) is 3.12. The number of rotatable bonds is 4. The van der Waals surface area contributed by atoms with Crippen LogP contribution in [0.4, 0.5) is 15.8 Å². The second kappa shape index (κ2) is 8.50. The Hall–Kier alpha value is -2.83. The lowest BCUT2D eigenvalue weighted by atomic mass is 10.1. The molecule has 1 heterocycles. The molecule has 30 heavy (non-hydrogen) atoms. The fraction of sp³-hybridized carbons (Fsp3) is 0.130. The number of amides is 2. The van der Waals surface area contributed by atoms with Gasteiger partial charge in [-0.2, -0.15) is 0 Å². The Morgan fingerprint density at radius 2 is 1.93 bits per heavy atom. The van der Waals surface area contributed by atoms with Crippen LogP contribution in [0.15, 0.2) is 66.7 Å². The molecule has 0 spiro atoms. The highest BCUT2D eigenvalue weighted by atomic mass is 35.5. The summed E-state index contributed by atoms with van der Waals surface area (Å²) < 4.78 is 14.1. The van der Waals surface area contributed by atoms with Gasteiger partial charge < -0.3 is 5.32 Å². The van der Waals surface area contributed by atoms with Crippen LogP contribution >= 0.6 is 23.4 Å². The van der Waals surface area contributed by atoms with E-state index in [0.29, 0.717) is 33.3 Å². The van der Waals surface area contributed by atoms with Gasteiger partial charge in [0.2, 0.25) is 5.91 Å². The second-order valence-electron chi connectivity index (χ2n) is 6.92. The molecule has 4 rings (SSSR count). The third-order valence-electron chi connectivity index (χ3n) is 4.85. The highest BCUT2D eigenvalue weighted by Crippen LogP contribution is 2.42. The maximum absolute atomic E-state index is 14.1. The number of nitrogens with zero attached hydrogens (tertiary/aromatic N) is 1. The van der Waals surface area contributed by atoms with E-state index in [2.05, 4.69) is 5.32 Å². The molecule has 152 valence electrons. The van der Waals surface area contributed by atoms with Crippen molar-refractivity contribution in [1.82, 2.24) is 0 Å². The molecule has 1 atom stereocenters. The summed E-state index contributed by atoms with van der Waals surface area (Å²) in [6, 6.07) is 18.9. The number of thioether (sulfide) groups is 1. The molecule has 2 amide bonds. The van der Waals surface area contributed by atoms with Crippen molar-refractivity contribution in [3.05, 3.63) is 94.3 Å². The van der Waals surface area contributed by atoms with Gasteiger partial charge in [0.15, 0.2) is 0 Å². The minimum atomic E-state index is -0.350. The molecule has 1 aliphatic heterocycles. The van der Waals surface area contributed by atoms with Crippen molar-refractivity contribution in [2.45, 2.75) is 12.3 Å². The number of hydrogen-bond acceptors (Lipinski definition) is 3. The van der Waals surface area contributed by atoms with E-state index in [1.54, 1.807) is 54.3 Å². The van der Waals surface area contributed by atoms with Gasteiger partial charge in [0.1, 0.15) is 11.2 Å². The zero-order chi connectivity index (χ0) is 21.3. The van der Waals surface area contributed by atoms with Crippen LogP contribution in [-0.2, 0) is 4.79 Å². The second-order valence-corrected chi connectivity index (χ2v) is 8.40. The standard InChI is InChI=1S/C23H18ClFN2O2S/c1-14-9-10-17(12-20(14)25)27-21(28)13-30-23(27)15-5-4-6-16(11-15)26-22(29)18-7-2-3-8-19(18)24/h2-12,23H,13H2,1H3,(H,26,29). The molecule has 1 aliphatic rings. The first-order valence-electron chi connectivity index (χ1n) is 9.29. The SMILES string of the molecule is Cc1ccc(N2C(=O)CSC2c2cccc(NC(=O)c3ccccc3Cl)c2)cc1F. The van der Waals surface area contributed by atoms with Crippen molar-refractivity contribution in [1.29, 1.82) is 0 Å². The summed E-state index contributed by atoms with van der Waals surface area (Å²) in [5.74, 6) is -0.447. The molecule has 1 saturated heterocycles. The van der Waals surface area contributed by atoms with E-state index in [0.717, 1.165) is 5.56 Å². The summed E-state index contributed by atoms with van der Waals surface area (Å²) in [5, 5.41) is 2.91. The Balaban J connectivity index is 1.61. The smallest absolute Gasteiger partial charge is 0.257 e. The molecule has 0 saturated carbocycles. The van der Waals surface area contributed by atoms with Crippen LogP contribution in [-0.4, -0.2) is 17.6 Å². The average molecular weight is 441 g/mol. The van der Waals surface area contributed by atoms with Crippen LogP contribution in [0, 0.1) is 12.7 Å². The van der Waals surface area contributed by atoms with Crippen molar-refractivity contribution in [3.63, 3.8) is 0 Å². The fourth-order valence-electron chi connectivity index (χ4n) is 3.30. The van der Waals surface area contributed by atoms with E-state index in [4.69, 9.17) is 11.6 Å². The number of benzene rings is 3. The summed E-state index contributed by atoms with van der Waals surface area (Å²) in [6.07, 6.45) is 0. The van der Waals surface area contributed by atoms with Gasteiger partial charge in [-0.1, -0.05) is 41.9 Å². The first kappa shape index (κ1) is 20.4. The van der Waals surface area contributed by atoms with Gasteiger partial charge in [-0.15, -0.1) is 11.8 Å². The molecular weight excluding hydrogens is 423 g/mol. The van der Waals surface area contributed by atoms with Crippen LogP contribution in [0.25, 0.3) is 0 Å². The topological polar surface area (TPSA) is 49.4 Å². The lowest BCUT2D eigenvalue weighted by Crippen LogP contribution is -2.28.